The van der Waals surface area contributed by atoms with Gasteiger partial charge in [-0.05, 0) is 83.6 Å². The van der Waals surface area contributed by atoms with Crippen molar-refractivity contribution in [3.05, 3.63) is 131 Å². The molecule has 2 heterocycles. The molecule has 1 fully saturated rings. The maximum atomic E-state index is 13.7. The largest absolute Gasteiger partial charge is 0.344 e. The first-order valence-corrected chi connectivity index (χ1v) is 16.1. The van der Waals surface area contributed by atoms with Gasteiger partial charge in [0.2, 0.25) is 0 Å². The van der Waals surface area contributed by atoms with Crippen molar-refractivity contribution in [1.82, 2.24) is 0 Å². The normalized spacial score (nSPS) is 22.4. The number of Topliss-reactive ketones (excluding diaryl/α,β-unsaturated/α-hetero) is 1. The van der Waals surface area contributed by atoms with Crippen LogP contribution >= 0.6 is 0 Å². The highest BCUT2D eigenvalue weighted by Crippen LogP contribution is 2.52. The number of anilines is 2. The predicted molar refractivity (Wildman–Crippen MR) is 187 cm³/mol. The molecule has 1 saturated carbocycles. The number of hydrogen-bond acceptors (Lipinski definition) is 3. The van der Waals surface area contributed by atoms with Crippen molar-refractivity contribution in [3.63, 3.8) is 0 Å². The third kappa shape index (κ3) is 4.13. The van der Waals surface area contributed by atoms with Gasteiger partial charge < -0.3 is 9.80 Å². The summed E-state index contributed by atoms with van der Waals surface area (Å²) in [5, 5.41) is 5.16. The van der Waals surface area contributed by atoms with Crippen LogP contribution in [0.4, 0.5) is 11.4 Å². The molecule has 0 amide bonds. The van der Waals surface area contributed by atoms with Crippen molar-refractivity contribution >= 4 is 38.7 Å². The average molecular weight is 579 g/mol. The third-order valence-electron chi connectivity index (χ3n) is 10.3. The Morgan fingerprint density at radius 1 is 0.591 bits per heavy atom. The quantitative estimate of drug-likeness (QED) is 0.225. The Hall–Kier alpha value is -4.37. The van der Waals surface area contributed by atoms with E-state index in [0.29, 0.717) is 0 Å². The molecule has 0 saturated heterocycles. The summed E-state index contributed by atoms with van der Waals surface area (Å²) in [7, 11) is 0. The number of benzene rings is 4. The third-order valence-corrected chi connectivity index (χ3v) is 10.3. The van der Waals surface area contributed by atoms with Gasteiger partial charge in [-0.1, -0.05) is 101 Å². The second-order valence-electron chi connectivity index (χ2n) is 13.4. The van der Waals surface area contributed by atoms with E-state index < -0.39 is 0 Å². The number of allylic oxidation sites excluding steroid dienone is 8. The van der Waals surface area contributed by atoms with E-state index in [1.165, 1.54) is 55.4 Å². The van der Waals surface area contributed by atoms with Crippen molar-refractivity contribution < 1.29 is 4.79 Å². The fourth-order valence-corrected chi connectivity index (χ4v) is 8.13. The molecule has 7 rings (SSSR count). The topological polar surface area (TPSA) is 23.6 Å². The van der Waals surface area contributed by atoms with Crippen molar-refractivity contribution in [2.75, 3.05) is 22.9 Å². The van der Waals surface area contributed by atoms with Gasteiger partial charge in [0.15, 0.2) is 5.78 Å². The molecule has 0 N–H and O–H groups in total. The second-order valence-corrected chi connectivity index (χ2v) is 13.4. The van der Waals surface area contributed by atoms with Crippen LogP contribution in [0.25, 0.3) is 21.5 Å². The number of hydrogen-bond donors (Lipinski definition) is 0. The van der Waals surface area contributed by atoms with Gasteiger partial charge >= 0.3 is 0 Å². The molecule has 0 atom stereocenters. The summed E-state index contributed by atoms with van der Waals surface area (Å²) >= 11 is 0. The van der Waals surface area contributed by atoms with Crippen LogP contribution in [0.1, 0.15) is 65.5 Å². The minimum atomic E-state index is -0.162. The maximum Gasteiger partial charge on any atom is 0.185 e. The Kier molecular flexibility index (Phi) is 6.69. The number of likely N-dealkylation sites (N-methyl/N-ethyl adjacent to an activating group) is 2. The van der Waals surface area contributed by atoms with Gasteiger partial charge in [-0.2, -0.15) is 0 Å². The van der Waals surface area contributed by atoms with Gasteiger partial charge in [0.1, 0.15) is 0 Å². The average Bonchev–Trinajstić information content (AvgIpc) is 3.57. The molecule has 4 aromatic carbocycles. The summed E-state index contributed by atoms with van der Waals surface area (Å²) in [6.07, 6.45) is 10.2. The van der Waals surface area contributed by atoms with Gasteiger partial charge in [0.25, 0.3) is 0 Å². The summed E-state index contributed by atoms with van der Waals surface area (Å²) in [5.41, 5.74) is 9.30. The highest BCUT2D eigenvalue weighted by atomic mass is 16.1. The molecule has 2 aliphatic heterocycles. The fraction of sp³-hybridized carbons (Fsp3) is 0.293. The van der Waals surface area contributed by atoms with Crippen LogP contribution in [0, 0.1) is 0 Å². The van der Waals surface area contributed by atoms with Crippen LogP contribution in [-0.2, 0) is 15.6 Å². The SMILES string of the molecule is CCN1/C(=C/C=C2/CC/C(=C\C=C3\N(CC)c4ccc5ccccc5c4C3(C)C)C2=O)C(C)(C)c2c1ccc1ccccc21. The summed E-state index contributed by atoms with van der Waals surface area (Å²) in [6.45, 7) is 15.5. The van der Waals surface area contributed by atoms with Crippen molar-refractivity contribution in [2.24, 2.45) is 0 Å². The first kappa shape index (κ1) is 28.4. The summed E-state index contributed by atoms with van der Waals surface area (Å²) in [6, 6.07) is 26.3. The molecule has 0 unspecified atom stereocenters. The van der Waals surface area contributed by atoms with Crippen LogP contribution in [0.5, 0.6) is 0 Å². The monoisotopic (exact) mass is 578 g/mol. The Balaban J connectivity index is 1.21. The molecule has 0 aromatic heterocycles. The molecule has 3 aliphatic rings. The molecule has 4 aromatic rings. The molecular weight excluding hydrogens is 536 g/mol. The summed E-state index contributed by atoms with van der Waals surface area (Å²) < 4.78 is 0. The van der Waals surface area contributed by atoms with Gasteiger partial charge in [-0.15, -0.1) is 0 Å². The van der Waals surface area contributed by atoms with Gasteiger partial charge in [0.05, 0.1) is 0 Å². The summed E-state index contributed by atoms with van der Waals surface area (Å²) in [5.74, 6) is 0.183. The minimum Gasteiger partial charge on any atom is -0.344 e. The number of carbonyl (C=O) groups is 1. The van der Waals surface area contributed by atoms with Gasteiger partial charge in [-0.3, -0.25) is 4.79 Å². The van der Waals surface area contributed by atoms with E-state index in [1.807, 2.05) is 0 Å². The van der Waals surface area contributed by atoms with E-state index >= 15 is 0 Å². The smallest absolute Gasteiger partial charge is 0.185 e. The first-order chi connectivity index (χ1) is 21.2. The fourth-order valence-electron chi connectivity index (χ4n) is 8.13. The molecule has 0 radical (unpaired) electrons. The zero-order valence-electron chi connectivity index (χ0n) is 26.9. The van der Waals surface area contributed by atoms with Gasteiger partial charge in [0, 0.05) is 57.8 Å². The second kappa shape index (κ2) is 10.4. The van der Waals surface area contributed by atoms with Crippen molar-refractivity contribution in [2.45, 2.75) is 65.2 Å². The van der Waals surface area contributed by atoms with E-state index in [4.69, 9.17) is 0 Å². The van der Waals surface area contributed by atoms with Crippen LogP contribution < -0.4 is 9.80 Å². The van der Waals surface area contributed by atoms with Crippen LogP contribution in [0.2, 0.25) is 0 Å². The standard InChI is InChI=1S/C41H42N2O/c1-7-42-33-23-19-27-13-9-11-15-31(27)37(33)40(3,4)35(42)25-21-29-17-18-30(39(29)44)22-26-36-41(5,6)38-32-16-12-10-14-28(32)20-24-34(38)43(36)8-2/h9-16,19-26H,7-8,17-18H2,1-6H3/b29-21-,30-22+,35-25+,36-26+. The highest BCUT2D eigenvalue weighted by molar-refractivity contribution is 6.11. The van der Waals surface area contributed by atoms with E-state index in [9.17, 15) is 4.79 Å². The molecular formula is C41H42N2O. The van der Waals surface area contributed by atoms with E-state index in [1.54, 1.807) is 0 Å². The molecule has 0 bridgehead atoms. The lowest BCUT2D eigenvalue weighted by molar-refractivity contribution is -0.111. The lowest BCUT2D eigenvalue weighted by Crippen LogP contribution is -2.25. The molecule has 44 heavy (non-hydrogen) atoms. The lowest BCUT2D eigenvalue weighted by atomic mass is 9.81. The Bertz CT molecular complexity index is 1820. The zero-order valence-corrected chi connectivity index (χ0v) is 26.9. The number of ketones is 1. The predicted octanol–water partition coefficient (Wildman–Crippen LogP) is 9.91. The Labute approximate surface area is 261 Å². The molecule has 0 spiro atoms. The lowest BCUT2D eigenvalue weighted by Gasteiger charge is -2.26. The zero-order chi connectivity index (χ0) is 30.8. The first-order valence-electron chi connectivity index (χ1n) is 16.1. The van der Waals surface area contributed by atoms with E-state index in [2.05, 4.69) is 148 Å². The number of fused-ring (bicyclic) bond motifs is 6. The van der Waals surface area contributed by atoms with E-state index in [0.717, 1.165) is 37.1 Å². The van der Waals surface area contributed by atoms with Crippen LogP contribution in [0.3, 0.4) is 0 Å². The highest BCUT2D eigenvalue weighted by Gasteiger charge is 2.42. The van der Waals surface area contributed by atoms with Gasteiger partial charge in [-0.25, -0.2) is 0 Å². The molecule has 3 nitrogen and oxygen atoms in total. The summed E-state index contributed by atoms with van der Waals surface area (Å²) in [4.78, 5) is 18.5. The molecule has 3 heteroatoms. The van der Waals surface area contributed by atoms with Crippen molar-refractivity contribution in [1.29, 1.82) is 0 Å². The van der Waals surface area contributed by atoms with Crippen LogP contribution in [0.15, 0.2) is 120 Å². The molecule has 222 valence electrons. The Morgan fingerprint density at radius 2 is 1.00 bits per heavy atom. The van der Waals surface area contributed by atoms with E-state index in [-0.39, 0.29) is 16.6 Å². The van der Waals surface area contributed by atoms with Crippen LogP contribution in [-0.4, -0.2) is 18.9 Å². The number of carbonyl (C=O) groups excluding carboxylic acids is 1. The number of nitrogens with zero attached hydrogens (tertiary/aromatic N) is 2. The van der Waals surface area contributed by atoms with Crippen molar-refractivity contribution in [3.8, 4) is 0 Å². The minimum absolute atomic E-state index is 0.162. The Morgan fingerprint density at radius 3 is 1.41 bits per heavy atom. The maximum absolute atomic E-state index is 13.7. The number of rotatable bonds is 4. The molecule has 1 aliphatic carbocycles.